The Balaban J connectivity index is 2.13. The quantitative estimate of drug-likeness (QED) is 0.786. The molecule has 2 fully saturated rings. The summed E-state index contributed by atoms with van der Waals surface area (Å²) >= 11 is 1.79. The maximum absolute atomic E-state index is 12.2. The van der Waals surface area contributed by atoms with Gasteiger partial charge in [-0.2, -0.15) is 11.8 Å². The van der Waals surface area contributed by atoms with E-state index in [0.717, 1.165) is 44.4 Å². The Morgan fingerprint density at radius 3 is 2.67 bits per heavy atom. The lowest BCUT2D eigenvalue weighted by atomic mass is 9.78. The summed E-state index contributed by atoms with van der Waals surface area (Å²) < 4.78 is 0. The highest BCUT2D eigenvalue weighted by Gasteiger charge is 2.49. The number of rotatable bonds is 4. The maximum atomic E-state index is 12.2. The summed E-state index contributed by atoms with van der Waals surface area (Å²) in [4.78, 5) is 26.2. The molecule has 0 aromatic heterocycles. The molecule has 102 valence electrons. The predicted molar refractivity (Wildman–Crippen MR) is 73.5 cm³/mol. The molecule has 2 aliphatic rings. The van der Waals surface area contributed by atoms with Crippen LogP contribution in [0, 0.1) is 0 Å². The van der Waals surface area contributed by atoms with E-state index in [-0.39, 0.29) is 18.4 Å². The van der Waals surface area contributed by atoms with Crippen molar-refractivity contribution in [2.45, 2.75) is 44.1 Å². The van der Waals surface area contributed by atoms with Gasteiger partial charge in [0, 0.05) is 6.54 Å². The number of piperazine rings is 1. The van der Waals surface area contributed by atoms with Gasteiger partial charge >= 0.3 is 0 Å². The minimum Gasteiger partial charge on any atom is -0.345 e. The van der Waals surface area contributed by atoms with Crippen molar-refractivity contribution in [3.05, 3.63) is 0 Å². The van der Waals surface area contributed by atoms with Crippen molar-refractivity contribution >= 4 is 23.6 Å². The Morgan fingerprint density at radius 1 is 1.28 bits per heavy atom. The molecule has 0 aromatic rings. The number of carbonyl (C=O) groups excluding carboxylic acids is 2. The normalized spacial score (nSPS) is 23.3. The Kier molecular flexibility index (Phi) is 4.54. The molecular weight excluding hydrogens is 248 g/mol. The van der Waals surface area contributed by atoms with Crippen LogP contribution >= 0.6 is 11.8 Å². The summed E-state index contributed by atoms with van der Waals surface area (Å²) in [5.74, 6) is 1.21. The van der Waals surface area contributed by atoms with Crippen LogP contribution in [-0.2, 0) is 9.59 Å². The number of nitrogens with one attached hydrogen (secondary N) is 1. The van der Waals surface area contributed by atoms with Crippen molar-refractivity contribution in [3.8, 4) is 0 Å². The molecule has 1 aliphatic heterocycles. The minimum absolute atomic E-state index is 0.0750. The molecule has 0 bridgehead atoms. The number of amides is 2. The average molecular weight is 270 g/mol. The number of hydrogen-bond donors (Lipinski definition) is 1. The van der Waals surface area contributed by atoms with E-state index in [0.29, 0.717) is 0 Å². The molecule has 0 radical (unpaired) electrons. The summed E-state index contributed by atoms with van der Waals surface area (Å²) in [5, 5.41) is 2.78. The molecule has 2 rings (SSSR count). The van der Waals surface area contributed by atoms with E-state index in [9.17, 15) is 9.59 Å². The van der Waals surface area contributed by atoms with E-state index < -0.39 is 5.54 Å². The SMILES string of the molecule is CSCCCN1C(=O)CNC(=O)C12CCCCC2. The Morgan fingerprint density at radius 2 is 2.00 bits per heavy atom. The van der Waals surface area contributed by atoms with Crippen LogP contribution in [0.4, 0.5) is 0 Å². The Hall–Kier alpha value is -0.710. The van der Waals surface area contributed by atoms with Gasteiger partial charge in [-0.05, 0) is 31.3 Å². The van der Waals surface area contributed by atoms with Gasteiger partial charge in [-0.25, -0.2) is 0 Å². The second kappa shape index (κ2) is 5.95. The highest BCUT2D eigenvalue weighted by atomic mass is 32.2. The van der Waals surface area contributed by atoms with E-state index in [4.69, 9.17) is 0 Å². The van der Waals surface area contributed by atoms with Crippen molar-refractivity contribution in [3.63, 3.8) is 0 Å². The summed E-state index contributed by atoms with van der Waals surface area (Å²) in [6.07, 6.45) is 8.01. The van der Waals surface area contributed by atoms with Gasteiger partial charge in [0.15, 0.2) is 0 Å². The maximum Gasteiger partial charge on any atom is 0.246 e. The van der Waals surface area contributed by atoms with Crippen LogP contribution in [0.2, 0.25) is 0 Å². The standard InChI is InChI=1S/C13H22N2O2S/c1-18-9-5-8-15-11(16)10-14-12(17)13(15)6-3-2-4-7-13/h2-10H2,1H3,(H,14,17). The van der Waals surface area contributed by atoms with Crippen LogP contribution in [0.3, 0.4) is 0 Å². The summed E-state index contributed by atoms with van der Waals surface area (Å²) in [6, 6.07) is 0. The smallest absolute Gasteiger partial charge is 0.246 e. The van der Waals surface area contributed by atoms with Crippen LogP contribution in [0.15, 0.2) is 0 Å². The summed E-state index contributed by atoms with van der Waals surface area (Å²) in [6.45, 7) is 0.910. The van der Waals surface area contributed by atoms with Crippen molar-refractivity contribution < 1.29 is 9.59 Å². The zero-order chi connectivity index (χ0) is 13.0. The largest absolute Gasteiger partial charge is 0.345 e. The third kappa shape index (κ3) is 2.51. The molecule has 1 heterocycles. The Labute approximate surface area is 113 Å². The van der Waals surface area contributed by atoms with Gasteiger partial charge in [0.25, 0.3) is 0 Å². The zero-order valence-electron chi connectivity index (χ0n) is 11.0. The molecule has 1 N–H and O–H groups in total. The number of thioether (sulfide) groups is 1. The van der Waals surface area contributed by atoms with Crippen LogP contribution in [0.1, 0.15) is 38.5 Å². The summed E-state index contributed by atoms with van der Waals surface area (Å²) in [7, 11) is 0. The van der Waals surface area contributed by atoms with Gasteiger partial charge in [-0.1, -0.05) is 19.3 Å². The van der Waals surface area contributed by atoms with Crippen LogP contribution in [0.25, 0.3) is 0 Å². The molecule has 1 saturated carbocycles. The molecule has 4 nitrogen and oxygen atoms in total. The monoisotopic (exact) mass is 270 g/mol. The predicted octanol–water partition coefficient (Wildman–Crippen LogP) is 1.40. The van der Waals surface area contributed by atoms with E-state index in [2.05, 4.69) is 11.6 Å². The zero-order valence-corrected chi connectivity index (χ0v) is 11.9. The van der Waals surface area contributed by atoms with Crippen molar-refractivity contribution in [1.29, 1.82) is 0 Å². The lowest BCUT2D eigenvalue weighted by Gasteiger charge is -2.48. The van der Waals surface area contributed by atoms with Gasteiger partial charge in [0.05, 0.1) is 6.54 Å². The lowest BCUT2D eigenvalue weighted by Crippen LogP contribution is -2.67. The molecule has 1 spiro atoms. The van der Waals surface area contributed by atoms with Gasteiger partial charge < -0.3 is 10.2 Å². The second-order valence-electron chi connectivity index (χ2n) is 5.17. The molecule has 0 unspecified atom stereocenters. The first-order valence-electron chi connectivity index (χ1n) is 6.78. The number of hydrogen-bond acceptors (Lipinski definition) is 3. The van der Waals surface area contributed by atoms with Crippen molar-refractivity contribution in [2.75, 3.05) is 25.1 Å². The lowest BCUT2D eigenvalue weighted by molar-refractivity contribution is -0.156. The first-order valence-corrected chi connectivity index (χ1v) is 8.18. The fourth-order valence-corrected chi connectivity index (χ4v) is 3.53. The average Bonchev–Trinajstić information content (AvgIpc) is 2.40. The Bertz CT molecular complexity index is 327. The fraction of sp³-hybridized carbons (Fsp3) is 0.846. The van der Waals surface area contributed by atoms with Crippen molar-refractivity contribution in [1.82, 2.24) is 10.2 Å². The van der Waals surface area contributed by atoms with Gasteiger partial charge in [-0.15, -0.1) is 0 Å². The molecule has 1 aliphatic carbocycles. The molecule has 2 amide bonds. The third-order valence-corrected chi connectivity index (χ3v) is 4.75. The highest BCUT2D eigenvalue weighted by molar-refractivity contribution is 7.98. The van der Waals surface area contributed by atoms with E-state index in [1.54, 1.807) is 11.8 Å². The number of nitrogens with zero attached hydrogens (tertiary/aromatic N) is 1. The third-order valence-electron chi connectivity index (χ3n) is 4.05. The van der Waals surface area contributed by atoms with E-state index in [1.807, 2.05) is 4.90 Å². The molecule has 5 heteroatoms. The van der Waals surface area contributed by atoms with Gasteiger partial charge in [0.1, 0.15) is 5.54 Å². The second-order valence-corrected chi connectivity index (χ2v) is 6.15. The molecule has 0 atom stereocenters. The molecular formula is C13H22N2O2S. The first-order chi connectivity index (χ1) is 8.70. The molecule has 1 saturated heterocycles. The topological polar surface area (TPSA) is 49.4 Å². The van der Waals surface area contributed by atoms with Crippen LogP contribution < -0.4 is 5.32 Å². The fourth-order valence-electron chi connectivity index (χ4n) is 3.12. The number of carbonyl (C=O) groups is 2. The van der Waals surface area contributed by atoms with E-state index in [1.165, 1.54) is 6.42 Å². The van der Waals surface area contributed by atoms with Gasteiger partial charge in [-0.3, -0.25) is 9.59 Å². The van der Waals surface area contributed by atoms with Crippen molar-refractivity contribution in [2.24, 2.45) is 0 Å². The highest BCUT2D eigenvalue weighted by Crippen LogP contribution is 2.35. The van der Waals surface area contributed by atoms with Crippen LogP contribution in [0.5, 0.6) is 0 Å². The van der Waals surface area contributed by atoms with Gasteiger partial charge in [0.2, 0.25) is 11.8 Å². The summed E-state index contributed by atoms with van der Waals surface area (Å²) in [5.41, 5.74) is -0.522. The molecule has 18 heavy (non-hydrogen) atoms. The van der Waals surface area contributed by atoms with E-state index >= 15 is 0 Å². The van der Waals surface area contributed by atoms with Crippen LogP contribution in [-0.4, -0.2) is 47.4 Å². The first kappa shape index (κ1) is 13.7. The minimum atomic E-state index is -0.522. The molecule has 0 aromatic carbocycles.